The molecule has 0 spiro atoms. The quantitative estimate of drug-likeness (QED) is 0.914. The standard InChI is InChI=1S/C14H21BrN2S/c15-14-9-11-10-17(8-5-13(11)18-14)7-4-12-3-1-2-6-16-12/h9,12,16H,1-8,10H2/t12-/m0/s1. The molecule has 3 rings (SSSR count). The van der Waals surface area contributed by atoms with Crippen molar-refractivity contribution in [3.63, 3.8) is 0 Å². The van der Waals surface area contributed by atoms with Gasteiger partial charge in [-0.25, -0.2) is 0 Å². The first-order chi connectivity index (χ1) is 8.81. The van der Waals surface area contributed by atoms with Gasteiger partial charge in [0.25, 0.3) is 0 Å². The molecular formula is C14H21BrN2S. The maximum Gasteiger partial charge on any atom is 0.0704 e. The molecule has 2 aliphatic rings. The molecule has 0 amide bonds. The van der Waals surface area contributed by atoms with Crippen molar-refractivity contribution in [2.24, 2.45) is 0 Å². The summed E-state index contributed by atoms with van der Waals surface area (Å²) in [6.07, 6.45) is 6.72. The summed E-state index contributed by atoms with van der Waals surface area (Å²) in [5.74, 6) is 0. The third kappa shape index (κ3) is 3.16. The zero-order valence-corrected chi connectivity index (χ0v) is 13.2. The van der Waals surface area contributed by atoms with Gasteiger partial charge in [0.05, 0.1) is 3.79 Å². The van der Waals surface area contributed by atoms with Gasteiger partial charge in [-0.3, -0.25) is 4.90 Å². The fourth-order valence-corrected chi connectivity index (χ4v) is 4.80. The first kappa shape index (κ1) is 13.1. The highest BCUT2D eigenvalue weighted by Gasteiger charge is 2.20. The minimum absolute atomic E-state index is 0.773. The Morgan fingerprint density at radius 1 is 1.44 bits per heavy atom. The highest BCUT2D eigenvalue weighted by Crippen LogP contribution is 2.31. The molecule has 0 radical (unpaired) electrons. The molecule has 2 aliphatic heterocycles. The summed E-state index contributed by atoms with van der Waals surface area (Å²) in [6, 6.07) is 3.08. The van der Waals surface area contributed by atoms with Crippen molar-refractivity contribution in [2.45, 2.75) is 44.7 Å². The smallest absolute Gasteiger partial charge is 0.0704 e. The number of nitrogens with one attached hydrogen (secondary N) is 1. The molecule has 18 heavy (non-hydrogen) atoms. The monoisotopic (exact) mass is 328 g/mol. The predicted molar refractivity (Wildman–Crippen MR) is 81.3 cm³/mol. The zero-order valence-electron chi connectivity index (χ0n) is 10.8. The van der Waals surface area contributed by atoms with Gasteiger partial charge in [-0.05, 0) is 66.3 Å². The molecule has 1 aromatic heterocycles. The Kier molecular flexibility index (Phi) is 4.39. The van der Waals surface area contributed by atoms with Gasteiger partial charge < -0.3 is 5.32 Å². The van der Waals surface area contributed by atoms with E-state index in [1.807, 2.05) is 11.3 Å². The Morgan fingerprint density at radius 3 is 3.22 bits per heavy atom. The second-order valence-electron chi connectivity index (χ2n) is 5.46. The molecule has 100 valence electrons. The fourth-order valence-electron chi connectivity index (χ4n) is 3.05. The lowest BCUT2D eigenvalue weighted by Crippen LogP contribution is -2.38. The van der Waals surface area contributed by atoms with Crippen molar-refractivity contribution in [1.82, 2.24) is 10.2 Å². The maximum absolute atomic E-state index is 3.65. The number of hydrogen-bond donors (Lipinski definition) is 1. The van der Waals surface area contributed by atoms with E-state index in [1.165, 1.54) is 55.5 Å². The van der Waals surface area contributed by atoms with E-state index < -0.39 is 0 Å². The molecule has 2 nitrogen and oxygen atoms in total. The third-order valence-electron chi connectivity index (χ3n) is 4.12. The molecule has 0 unspecified atom stereocenters. The van der Waals surface area contributed by atoms with E-state index in [2.05, 4.69) is 32.2 Å². The highest BCUT2D eigenvalue weighted by atomic mass is 79.9. The lowest BCUT2D eigenvalue weighted by molar-refractivity contribution is 0.232. The van der Waals surface area contributed by atoms with E-state index in [4.69, 9.17) is 0 Å². The molecule has 0 aromatic carbocycles. The number of hydrogen-bond acceptors (Lipinski definition) is 3. The van der Waals surface area contributed by atoms with Gasteiger partial charge in [-0.15, -0.1) is 11.3 Å². The predicted octanol–water partition coefficient (Wildman–Crippen LogP) is 3.40. The normalized spacial score (nSPS) is 25.1. The minimum Gasteiger partial charge on any atom is -0.314 e. The van der Waals surface area contributed by atoms with Crippen LogP contribution in [0.25, 0.3) is 0 Å². The average molecular weight is 329 g/mol. The van der Waals surface area contributed by atoms with Crippen LogP contribution in [-0.2, 0) is 13.0 Å². The summed E-state index contributed by atoms with van der Waals surface area (Å²) in [4.78, 5) is 4.21. The van der Waals surface area contributed by atoms with Crippen LogP contribution < -0.4 is 5.32 Å². The van der Waals surface area contributed by atoms with Crippen LogP contribution in [0.15, 0.2) is 9.85 Å². The number of nitrogens with zero attached hydrogens (tertiary/aromatic N) is 1. The molecular weight excluding hydrogens is 308 g/mol. The third-order valence-corrected chi connectivity index (χ3v) is 5.86. The Morgan fingerprint density at radius 2 is 2.39 bits per heavy atom. The zero-order chi connectivity index (χ0) is 12.4. The second kappa shape index (κ2) is 6.04. The number of fused-ring (bicyclic) bond motifs is 1. The van der Waals surface area contributed by atoms with E-state index in [9.17, 15) is 0 Å². The maximum atomic E-state index is 3.65. The van der Waals surface area contributed by atoms with Gasteiger partial charge in [-0.2, -0.15) is 0 Å². The Bertz CT molecular complexity index is 398. The lowest BCUT2D eigenvalue weighted by atomic mass is 10.0. The van der Waals surface area contributed by atoms with Crippen LogP contribution in [0.5, 0.6) is 0 Å². The Labute approximate surface area is 122 Å². The van der Waals surface area contributed by atoms with E-state index in [-0.39, 0.29) is 0 Å². The van der Waals surface area contributed by atoms with Crippen molar-refractivity contribution in [3.05, 3.63) is 20.3 Å². The number of piperidine rings is 1. The van der Waals surface area contributed by atoms with Crippen LogP contribution >= 0.6 is 27.3 Å². The molecule has 0 saturated carbocycles. The van der Waals surface area contributed by atoms with E-state index in [1.54, 1.807) is 10.4 Å². The number of halogens is 1. The van der Waals surface area contributed by atoms with Crippen molar-refractivity contribution in [3.8, 4) is 0 Å². The van der Waals surface area contributed by atoms with Gasteiger partial charge in [0.2, 0.25) is 0 Å². The van der Waals surface area contributed by atoms with Crippen LogP contribution in [0.1, 0.15) is 36.1 Å². The Hall–Kier alpha value is 0.1000. The van der Waals surface area contributed by atoms with E-state index in [0.29, 0.717) is 0 Å². The van der Waals surface area contributed by atoms with Gasteiger partial charge in [0.1, 0.15) is 0 Å². The number of rotatable bonds is 3. The molecule has 1 saturated heterocycles. The molecule has 1 atom stereocenters. The molecule has 1 aromatic rings. The largest absolute Gasteiger partial charge is 0.314 e. The molecule has 0 aliphatic carbocycles. The van der Waals surface area contributed by atoms with Crippen LogP contribution in [0, 0.1) is 0 Å². The summed E-state index contributed by atoms with van der Waals surface area (Å²) in [5, 5.41) is 3.65. The van der Waals surface area contributed by atoms with Crippen molar-refractivity contribution < 1.29 is 0 Å². The summed E-state index contributed by atoms with van der Waals surface area (Å²) < 4.78 is 1.29. The average Bonchev–Trinajstić information content (AvgIpc) is 2.77. The molecule has 4 heteroatoms. The van der Waals surface area contributed by atoms with Crippen molar-refractivity contribution in [2.75, 3.05) is 19.6 Å². The topological polar surface area (TPSA) is 15.3 Å². The van der Waals surface area contributed by atoms with Crippen LogP contribution in [0.4, 0.5) is 0 Å². The highest BCUT2D eigenvalue weighted by molar-refractivity contribution is 9.11. The van der Waals surface area contributed by atoms with Crippen molar-refractivity contribution >= 4 is 27.3 Å². The number of thiophene rings is 1. The van der Waals surface area contributed by atoms with Gasteiger partial charge >= 0.3 is 0 Å². The molecule has 3 heterocycles. The van der Waals surface area contributed by atoms with Gasteiger partial charge in [0.15, 0.2) is 0 Å². The SMILES string of the molecule is Brc1cc2c(s1)CCN(CC[C@@H]1CCCCN1)C2. The molecule has 1 fully saturated rings. The fraction of sp³-hybridized carbons (Fsp3) is 0.714. The van der Waals surface area contributed by atoms with E-state index >= 15 is 0 Å². The summed E-state index contributed by atoms with van der Waals surface area (Å²) in [5.41, 5.74) is 1.55. The van der Waals surface area contributed by atoms with Crippen LogP contribution in [0.3, 0.4) is 0 Å². The second-order valence-corrected chi connectivity index (χ2v) is 7.98. The summed E-state index contributed by atoms with van der Waals surface area (Å²) in [6.45, 7) is 4.88. The summed E-state index contributed by atoms with van der Waals surface area (Å²) in [7, 11) is 0. The minimum atomic E-state index is 0.773. The first-order valence-corrected chi connectivity index (χ1v) is 8.65. The molecule has 1 N–H and O–H groups in total. The van der Waals surface area contributed by atoms with Crippen LogP contribution in [-0.4, -0.2) is 30.6 Å². The van der Waals surface area contributed by atoms with E-state index in [0.717, 1.165) is 12.6 Å². The molecule has 0 bridgehead atoms. The van der Waals surface area contributed by atoms with Crippen LogP contribution in [0.2, 0.25) is 0 Å². The van der Waals surface area contributed by atoms with Gasteiger partial charge in [0, 0.05) is 24.0 Å². The van der Waals surface area contributed by atoms with Crippen molar-refractivity contribution in [1.29, 1.82) is 0 Å². The lowest BCUT2D eigenvalue weighted by Gasteiger charge is -2.30. The summed E-state index contributed by atoms with van der Waals surface area (Å²) >= 11 is 5.52. The Balaban J connectivity index is 1.50. The van der Waals surface area contributed by atoms with Gasteiger partial charge in [-0.1, -0.05) is 6.42 Å². The first-order valence-electron chi connectivity index (χ1n) is 7.04.